The third-order valence-corrected chi connectivity index (χ3v) is 10.8. The van der Waals surface area contributed by atoms with E-state index in [1.54, 1.807) is 27.4 Å². The van der Waals surface area contributed by atoms with E-state index in [2.05, 4.69) is 10.3 Å². The number of likely N-dealkylation sites (tertiary alicyclic amines) is 1. The molecule has 2 aromatic carbocycles. The van der Waals surface area contributed by atoms with Gasteiger partial charge in [-0.3, -0.25) is 10.3 Å². The SMILES string of the molecule is O=C(OCc1ccccc1)N1CCC(CS(=O)(=O)N2[C@@H]3CC[C@H]2CC(NC(O)c2ccc4[nH]c(=O)oc4c2)C3)CC1. The van der Waals surface area contributed by atoms with Crippen LogP contribution in [0.2, 0.25) is 0 Å². The Morgan fingerprint density at radius 3 is 2.49 bits per heavy atom. The van der Waals surface area contributed by atoms with Crippen molar-refractivity contribution in [2.45, 2.75) is 69.5 Å². The van der Waals surface area contributed by atoms with E-state index in [0.717, 1.165) is 18.4 Å². The van der Waals surface area contributed by atoms with E-state index in [1.165, 1.54) is 0 Å². The minimum absolute atomic E-state index is 0.00126. The van der Waals surface area contributed by atoms with Crippen LogP contribution < -0.4 is 11.1 Å². The van der Waals surface area contributed by atoms with Crippen molar-refractivity contribution in [2.24, 2.45) is 5.92 Å². The highest BCUT2D eigenvalue weighted by Crippen LogP contribution is 2.39. The second-order valence-corrected chi connectivity index (χ2v) is 13.4. The molecule has 0 spiro atoms. The average Bonchev–Trinajstić information content (AvgIpc) is 3.48. The third kappa shape index (κ3) is 6.20. The summed E-state index contributed by atoms with van der Waals surface area (Å²) in [5.41, 5.74) is 2.45. The van der Waals surface area contributed by atoms with Gasteiger partial charge in [-0.15, -0.1) is 0 Å². The van der Waals surface area contributed by atoms with Crippen LogP contribution in [-0.4, -0.2) is 70.8 Å². The summed E-state index contributed by atoms with van der Waals surface area (Å²) in [7, 11) is -3.47. The predicted octanol–water partition coefficient (Wildman–Crippen LogP) is 3.08. The van der Waals surface area contributed by atoms with Crippen LogP contribution in [0.25, 0.3) is 11.1 Å². The molecule has 0 saturated carbocycles. The Morgan fingerprint density at radius 2 is 1.78 bits per heavy atom. The average molecular weight is 585 g/mol. The van der Waals surface area contributed by atoms with E-state index < -0.39 is 22.0 Å². The Labute approximate surface area is 238 Å². The molecule has 3 saturated heterocycles. The Balaban J connectivity index is 0.997. The minimum atomic E-state index is -3.47. The minimum Gasteiger partial charge on any atom is -0.445 e. The summed E-state index contributed by atoms with van der Waals surface area (Å²) in [6.07, 6.45) is 2.81. The van der Waals surface area contributed by atoms with E-state index in [-0.39, 0.29) is 42.5 Å². The van der Waals surface area contributed by atoms with E-state index >= 15 is 0 Å². The van der Waals surface area contributed by atoms with Gasteiger partial charge in [0.05, 0.1) is 11.3 Å². The maximum atomic E-state index is 13.6. The summed E-state index contributed by atoms with van der Waals surface area (Å²) in [4.78, 5) is 28.2. The molecule has 41 heavy (non-hydrogen) atoms. The monoisotopic (exact) mass is 584 g/mol. The predicted molar refractivity (Wildman–Crippen MR) is 151 cm³/mol. The number of rotatable bonds is 8. The van der Waals surface area contributed by atoms with Gasteiger partial charge in [-0.2, -0.15) is 4.31 Å². The van der Waals surface area contributed by atoms with Gasteiger partial charge in [0.1, 0.15) is 12.8 Å². The number of aromatic amines is 1. The van der Waals surface area contributed by atoms with E-state index in [0.29, 0.717) is 55.4 Å². The smallest absolute Gasteiger partial charge is 0.417 e. The molecule has 11 nitrogen and oxygen atoms in total. The normalized spacial score (nSPS) is 24.5. The number of H-pyrrole nitrogens is 1. The molecule has 4 heterocycles. The van der Waals surface area contributed by atoms with Crippen molar-refractivity contribution in [2.75, 3.05) is 18.8 Å². The number of oxazole rings is 1. The Bertz CT molecular complexity index is 1520. The lowest BCUT2D eigenvalue weighted by atomic mass is 9.99. The highest BCUT2D eigenvalue weighted by Gasteiger charge is 2.47. The topological polar surface area (TPSA) is 145 Å². The summed E-state index contributed by atoms with van der Waals surface area (Å²) >= 11 is 0. The number of hydrogen-bond acceptors (Lipinski definition) is 8. The van der Waals surface area contributed by atoms with Crippen LogP contribution in [0.4, 0.5) is 4.79 Å². The summed E-state index contributed by atoms with van der Waals surface area (Å²) in [5.74, 6) is -0.453. The molecular formula is C29H36N4O7S. The van der Waals surface area contributed by atoms with Crippen LogP contribution in [0.15, 0.2) is 57.7 Å². The second-order valence-electron chi connectivity index (χ2n) is 11.5. The Hall–Kier alpha value is -3.19. The number of amides is 1. The molecule has 220 valence electrons. The highest BCUT2D eigenvalue weighted by atomic mass is 32.2. The fraction of sp³-hybridized carbons (Fsp3) is 0.517. The molecule has 6 rings (SSSR count). The maximum absolute atomic E-state index is 13.6. The van der Waals surface area contributed by atoms with Crippen LogP contribution in [0.5, 0.6) is 0 Å². The number of sulfonamides is 1. The van der Waals surface area contributed by atoms with Crippen LogP contribution in [-0.2, 0) is 21.4 Å². The molecule has 3 N–H and O–H groups in total. The third-order valence-electron chi connectivity index (χ3n) is 8.67. The Morgan fingerprint density at radius 1 is 1.07 bits per heavy atom. The van der Waals surface area contributed by atoms with Gasteiger partial charge in [0, 0.05) is 31.2 Å². The van der Waals surface area contributed by atoms with Gasteiger partial charge < -0.3 is 19.2 Å². The van der Waals surface area contributed by atoms with Crippen LogP contribution in [0.1, 0.15) is 55.9 Å². The molecule has 0 aliphatic carbocycles. The summed E-state index contributed by atoms with van der Waals surface area (Å²) in [6.45, 7) is 1.20. The number of nitrogens with one attached hydrogen (secondary N) is 2. The number of aliphatic hydroxyl groups is 1. The number of benzene rings is 2. The van der Waals surface area contributed by atoms with Crippen LogP contribution in [0.3, 0.4) is 0 Å². The van der Waals surface area contributed by atoms with Crippen molar-refractivity contribution in [3.8, 4) is 0 Å². The molecule has 2 bridgehead atoms. The zero-order chi connectivity index (χ0) is 28.6. The molecular weight excluding hydrogens is 548 g/mol. The summed E-state index contributed by atoms with van der Waals surface area (Å²) in [6, 6.07) is 14.4. The lowest BCUT2D eigenvalue weighted by Crippen LogP contribution is -2.53. The Kier molecular flexibility index (Phi) is 7.90. The molecule has 3 fully saturated rings. The van der Waals surface area contributed by atoms with Crippen molar-refractivity contribution < 1.29 is 27.5 Å². The van der Waals surface area contributed by atoms with Gasteiger partial charge in [-0.05, 0) is 67.7 Å². The first-order valence-corrected chi connectivity index (χ1v) is 15.9. The quantitative estimate of drug-likeness (QED) is 0.343. The first kappa shape index (κ1) is 28.0. The lowest BCUT2D eigenvalue weighted by molar-refractivity contribution is 0.0836. The van der Waals surface area contributed by atoms with Crippen molar-refractivity contribution in [1.29, 1.82) is 0 Å². The standard InChI is InChI=1S/C29H36N4O7S/c34-27(21-6-9-25-26(14-21)40-28(35)31-25)30-22-15-23-7-8-24(16-22)33(23)41(37,38)18-20-10-12-32(13-11-20)29(36)39-17-19-4-2-1-3-5-19/h1-6,9,14,20,22-24,27,30,34H,7-8,10-13,15-18H2,(H,31,35)/t22?,23-,24+,27?. The van der Waals surface area contributed by atoms with E-state index in [9.17, 15) is 23.1 Å². The largest absolute Gasteiger partial charge is 0.445 e. The number of nitrogens with zero attached hydrogens (tertiary/aromatic N) is 2. The maximum Gasteiger partial charge on any atom is 0.417 e. The molecule has 4 atom stereocenters. The van der Waals surface area contributed by atoms with E-state index in [4.69, 9.17) is 9.15 Å². The number of carbonyl (C=O) groups is 1. The number of fused-ring (bicyclic) bond motifs is 3. The molecule has 0 radical (unpaired) electrons. The van der Waals surface area contributed by atoms with Gasteiger partial charge in [-0.1, -0.05) is 36.4 Å². The second kappa shape index (κ2) is 11.6. The van der Waals surface area contributed by atoms with Crippen molar-refractivity contribution in [3.05, 3.63) is 70.2 Å². The first-order valence-electron chi connectivity index (χ1n) is 14.3. The van der Waals surface area contributed by atoms with Gasteiger partial charge in [0.2, 0.25) is 10.0 Å². The first-order chi connectivity index (χ1) is 19.7. The fourth-order valence-electron chi connectivity index (χ4n) is 6.65. The van der Waals surface area contributed by atoms with Crippen molar-refractivity contribution >= 4 is 27.2 Å². The van der Waals surface area contributed by atoms with Crippen molar-refractivity contribution in [1.82, 2.24) is 19.5 Å². The fourth-order valence-corrected chi connectivity index (χ4v) is 9.05. The zero-order valence-corrected chi connectivity index (χ0v) is 23.6. The van der Waals surface area contributed by atoms with Gasteiger partial charge in [0.25, 0.3) is 0 Å². The summed E-state index contributed by atoms with van der Waals surface area (Å²) < 4.78 is 39.4. The molecule has 2 unspecified atom stereocenters. The summed E-state index contributed by atoms with van der Waals surface area (Å²) in [5, 5.41) is 14.1. The van der Waals surface area contributed by atoms with Gasteiger partial charge in [0.15, 0.2) is 5.58 Å². The number of ether oxygens (including phenoxy) is 1. The van der Waals surface area contributed by atoms with E-state index in [1.807, 2.05) is 30.3 Å². The van der Waals surface area contributed by atoms with Crippen LogP contribution in [0, 0.1) is 5.92 Å². The lowest BCUT2D eigenvalue weighted by Gasteiger charge is -2.40. The van der Waals surface area contributed by atoms with Crippen molar-refractivity contribution in [3.63, 3.8) is 0 Å². The van der Waals surface area contributed by atoms with Gasteiger partial charge in [-0.25, -0.2) is 18.0 Å². The number of aromatic nitrogens is 1. The molecule has 3 aromatic rings. The van der Waals surface area contributed by atoms with Gasteiger partial charge >= 0.3 is 11.8 Å². The zero-order valence-electron chi connectivity index (χ0n) is 22.8. The van der Waals surface area contributed by atoms with Crippen LogP contribution >= 0.6 is 0 Å². The highest BCUT2D eigenvalue weighted by molar-refractivity contribution is 7.89. The number of piperidine rings is 2. The number of aliphatic hydroxyl groups excluding tert-OH is 1. The molecule has 1 amide bonds. The molecule has 12 heteroatoms. The molecule has 3 aliphatic heterocycles. The molecule has 1 aromatic heterocycles. The molecule has 3 aliphatic rings. The number of carbonyl (C=O) groups excluding carboxylic acids is 1. The number of hydrogen-bond donors (Lipinski definition) is 3.